The molecule has 134 valence electrons. The monoisotopic (exact) mass is 353 g/mol. The molecule has 1 atom stereocenters. The van der Waals surface area contributed by atoms with E-state index in [1.165, 1.54) is 23.0 Å². The number of aromatic nitrogens is 3. The Labute approximate surface area is 142 Å². The summed E-state index contributed by atoms with van der Waals surface area (Å²) in [6.45, 7) is 2.11. The van der Waals surface area contributed by atoms with Crippen molar-refractivity contribution in [3.63, 3.8) is 0 Å². The maximum atomic E-state index is 12.8. The number of rotatable bonds is 4. The quantitative estimate of drug-likeness (QED) is 0.913. The fourth-order valence-electron chi connectivity index (χ4n) is 2.95. The third kappa shape index (κ3) is 3.81. The molecule has 0 unspecified atom stereocenters. The average Bonchev–Trinajstić information content (AvgIpc) is 3.23. The van der Waals surface area contributed by atoms with Crippen LogP contribution in [-0.4, -0.2) is 52.5 Å². The minimum absolute atomic E-state index is 0.127. The topological polar surface area (TPSA) is 63.1 Å². The molecule has 0 bridgehead atoms. The maximum absolute atomic E-state index is 12.8. The fourth-order valence-corrected chi connectivity index (χ4v) is 2.95. The van der Waals surface area contributed by atoms with Crippen molar-refractivity contribution in [3.05, 3.63) is 41.7 Å². The molecular weight excluding hydrogens is 335 g/mol. The molecule has 1 aliphatic heterocycles. The second-order valence-corrected chi connectivity index (χ2v) is 6.06. The molecule has 1 aliphatic rings. The summed E-state index contributed by atoms with van der Waals surface area (Å²) in [6, 6.07) is 4.74. The van der Waals surface area contributed by atoms with Crippen LogP contribution in [-0.2, 0) is 6.18 Å². The van der Waals surface area contributed by atoms with Gasteiger partial charge in [0.25, 0.3) is 5.91 Å². The number of nitrogens with one attached hydrogen (secondary N) is 1. The number of likely N-dealkylation sites (tertiary alicyclic amines) is 1. The zero-order chi connectivity index (χ0) is 18.0. The zero-order valence-electron chi connectivity index (χ0n) is 13.6. The lowest BCUT2D eigenvalue weighted by molar-refractivity contribution is -0.137. The van der Waals surface area contributed by atoms with E-state index in [9.17, 15) is 18.0 Å². The molecule has 1 amide bonds. The van der Waals surface area contributed by atoms with Crippen LogP contribution in [0.5, 0.6) is 0 Å². The minimum atomic E-state index is -4.44. The standard InChI is InChI=1S/C16H18F3N5O/c1-20-8-11-5-6-23(9-11)15(25)14-10-24(22-21-14)13-4-2-3-12(7-13)16(17,18)19/h2-4,7,10-11,20H,5-6,8-9H2,1H3/t11-/m0/s1. The summed E-state index contributed by atoms with van der Waals surface area (Å²) in [5.74, 6) is 0.143. The summed E-state index contributed by atoms with van der Waals surface area (Å²) in [7, 11) is 1.87. The van der Waals surface area contributed by atoms with Crippen LogP contribution < -0.4 is 5.32 Å². The zero-order valence-corrected chi connectivity index (χ0v) is 13.6. The van der Waals surface area contributed by atoms with Crippen LogP contribution in [0.25, 0.3) is 5.69 Å². The van der Waals surface area contributed by atoms with Crippen LogP contribution in [0.1, 0.15) is 22.5 Å². The maximum Gasteiger partial charge on any atom is 0.416 e. The predicted molar refractivity (Wildman–Crippen MR) is 84.3 cm³/mol. The fraction of sp³-hybridized carbons (Fsp3) is 0.438. The molecule has 3 rings (SSSR count). The highest BCUT2D eigenvalue weighted by Crippen LogP contribution is 2.30. The summed E-state index contributed by atoms with van der Waals surface area (Å²) in [5.41, 5.74) is -0.443. The first-order valence-corrected chi connectivity index (χ1v) is 7.92. The van der Waals surface area contributed by atoms with Crippen LogP contribution in [0.2, 0.25) is 0 Å². The van der Waals surface area contributed by atoms with Crippen molar-refractivity contribution in [1.82, 2.24) is 25.2 Å². The predicted octanol–water partition coefficient (Wildman–Crippen LogP) is 1.97. The number of carbonyl (C=O) groups is 1. The molecule has 0 saturated carbocycles. The first-order valence-electron chi connectivity index (χ1n) is 7.92. The number of benzene rings is 1. The number of alkyl halides is 3. The minimum Gasteiger partial charge on any atom is -0.337 e. The van der Waals surface area contributed by atoms with E-state index in [1.54, 1.807) is 4.90 Å². The Bertz CT molecular complexity index is 758. The summed E-state index contributed by atoms with van der Waals surface area (Å²) in [4.78, 5) is 14.2. The van der Waals surface area contributed by atoms with Gasteiger partial charge in [0.05, 0.1) is 17.4 Å². The van der Waals surface area contributed by atoms with Gasteiger partial charge in [-0.25, -0.2) is 4.68 Å². The third-order valence-corrected chi connectivity index (χ3v) is 4.22. The number of nitrogens with zero attached hydrogens (tertiary/aromatic N) is 4. The smallest absolute Gasteiger partial charge is 0.337 e. The van der Waals surface area contributed by atoms with Crippen molar-refractivity contribution in [2.45, 2.75) is 12.6 Å². The van der Waals surface area contributed by atoms with E-state index in [2.05, 4.69) is 15.6 Å². The van der Waals surface area contributed by atoms with Crippen LogP contribution >= 0.6 is 0 Å². The van der Waals surface area contributed by atoms with Gasteiger partial charge in [0.2, 0.25) is 0 Å². The summed E-state index contributed by atoms with van der Waals surface area (Å²) < 4.78 is 39.6. The lowest BCUT2D eigenvalue weighted by Gasteiger charge is -2.14. The van der Waals surface area contributed by atoms with Gasteiger partial charge in [-0.2, -0.15) is 13.2 Å². The Morgan fingerprint density at radius 3 is 2.92 bits per heavy atom. The first-order chi connectivity index (χ1) is 11.9. The van der Waals surface area contributed by atoms with Crippen LogP contribution in [0.4, 0.5) is 13.2 Å². The normalized spacial score (nSPS) is 17.9. The van der Waals surface area contributed by atoms with Crippen molar-refractivity contribution in [2.75, 3.05) is 26.7 Å². The molecule has 2 heterocycles. The van der Waals surface area contributed by atoms with Gasteiger partial charge in [0, 0.05) is 13.1 Å². The van der Waals surface area contributed by atoms with Crippen molar-refractivity contribution in [2.24, 2.45) is 5.92 Å². The van der Waals surface area contributed by atoms with E-state index in [1.807, 2.05) is 7.05 Å². The van der Waals surface area contributed by atoms with E-state index >= 15 is 0 Å². The Kier molecular flexibility index (Phi) is 4.76. The van der Waals surface area contributed by atoms with Gasteiger partial charge in [0.15, 0.2) is 5.69 Å². The highest BCUT2D eigenvalue weighted by Gasteiger charge is 2.31. The van der Waals surface area contributed by atoms with E-state index in [0.717, 1.165) is 25.1 Å². The van der Waals surface area contributed by atoms with Crippen molar-refractivity contribution in [3.8, 4) is 5.69 Å². The molecule has 0 spiro atoms. The van der Waals surface area contributed by atoms with Gasteiger partial charge in [-0.15, -0.1) is 5.10 Å². The van der Waals surface area contributed by atoms with Gasteiger partial charge < -0.3 is 10.2 Å². The molecule has 1 saturated heterocycles. The highest BCUT2D eigenvalue weighted by atomic mass is 19.4. The lowest BCUT2D eigenvalue weighted by atomic mass is 10.1. The van der Waals surface area contributed by atoms with E-state index < -0.39 is 11.7 Å². The van der Waals surface area contributed by atoms with Gasteiger partial charge in [-0.3, -0.25) is 4.79 Å². The summed E-state index contributed by atoms with van der Waals surface area (Å²) in [5, 5.41) is 10.7. The van der Waals surface area contributed by atoms with Crippen molar-refractivity contribution < 1.29 is 18.0 Å². The molecule has 1 aromatic carbocycles. The molecule has 2 aromatic rings. The van der Waals surface area contributed by atoms with Crippen molar-refractivity contribution in [1.29, 1.82) is 0 Å². The molecular formula is C16H18F3N5O. The third-order valence-electron chi connectivity index (χ3n) is 4.22. The number of hydrogen-bond acceptors (Lipinski definition) is 4. The lowest BCUT2D eigenvalue weighted by Crippen LogP contribution is -2.30. The largest absolute Gasteiger partial charge is 0.416 e. The molecule has 1 N–H and O–H groups in total. The highest BCUT2D eigenvalue weighted by molar-refractivity contribution is 5.92. The van der Waals surface area contributed by atoms with E-state index in [0.29, 0.717) is 19.0 Å². The number of hydrogen-bond donors (Lipinski definition) is 1. The molecule has 0 radical (unpaired) electrons. The molecule has 0 aliphatic carbocycles. The second-order valence-electron chi connectivity index (χ2n) is 6.06. The molecule has 25 heavy (non-hydrogen) atoms. The summed E-state index contributed by atoms with van der Waals surface area (Å²) in [6.07, 6.45) is -2.16. The number of amides is 1. The summed E-state index contributed by atoms with van der Waals surface area (Å²) >= 11 is 0. The van der Waals surface area contributed by atoms with Gasteiger partial charge >= 0.3 is 6.18 Å². The average molecular weight is 353 g/mol. The Morgan fingerprint density at radius 1 is 1.40 bits per heavy atom. The van der Waals surface area contributed by atoms with E-state index in [-0.39, 0.29) is 17.3 Å². The Hall–Kier alpha value is -2.42. The van der Waals surface area contributed by atoms with Gasteiger partial charge in [-0.05, 0) is 44.1 Å². The molecule has 9 heteroatoms. The van der Waals surface area contributed by atoms with Crippen LogP contribution in [0.15, 0.2) is 30.5 Å². The Balaban J connectivity index is 1.76. The van der Waals surface area contributed by atoms with Crippen molar-refractivity contribution >= 4 is 5.91 Å². The molecule has 1 fully saturated rings. The number of halogens is 3. The van der Waals surface area contributed by atoms with Crippen LogP contribution in [0.3, 0.4) is 0 Å². The number of carbonyl (C=O) groups excluding carboxylic acids is 1. The van der Waals surface area contributed by atoms with Gasteiger partial charge in [-0.1, -0.05) is 11.3 Å². The first kappa shape index (κ1) is 17.4. The van der Waals surface area contributed by atoms with Crippen LogP contribution in [0, 0.1) is 5.92 Å². The molecule has 6 nitrogen and oxygen atoms in total. The van der Waals surface area contributed by atoms with Gasteiger partial charge in [0.1, 0.15) is 0 Å². The second kappa shape index (κ2) is 6.83. The molecule has 1 aromatic heterocycles. The Morgan fingerprint density at radius 2 is 2.20 bits per heavy atom. The van der Waals surface area contributed by atoms with E-state index in [4.69, 9.17) is 0 Å². The SMILES string of the molecule is CNC[C@@H]1CCN(C(=O)c2cn(-c3cccc(C(F)(F)F)c3)nn2)C1.